The molecule has 1 rings (SSSR count). The third-order valence-corrected chi connectivity index (χ3v) is 1.69. The lowest BCUT2D eigenvalue weighted by Crippen LogP contribution is -2.17. The van der Waals surface area contributed by atoms with Gasteiger partial charge in [0.15, 0.2) is 0 Å². The second-order valence-electron chi connectivity index (χ2n) is 2.65. The van der Waals surface area contributed by atoms with Crippen molar-refractivity contribution in [2.45, 2.75) is 25.8 Å². The zero-order chi connectivity index (χ0) is 8.27. The van der Waals surface area contributed by atoms with Crippen LogP contribution in [0.2, 0.25) is 0 Å². The smallest absolute Gasteiger partial charge is 0.333 e. The predicted molar refractivity (Wildman–Crippen MR) is 49.2 cm³/mol. The molecule has 1 unspecified atom stereocenters. The van der Waals surface area contributed by atoms with Gasteiger partial charge < -0.3 is 10.5 Å². The number of hydrogen-bond donors (Lipinski definition) is 1. The van der Waals surface area contributed by atoms with Crippen LogP contribution < -0.4 is 5.73 Å². The maximum absolute atomic E-state index is 11.0. The number of nitrogens with two attached hydrogens (primary N) is 1. The van der Waals surface area contributed by atoms with Crippen LogP contribution in [0.5, 0.6) is 0 Å². The van der Waals surface area contributed by atoms with E-state index in [4.69, 9.17) is 10.5 Å². The summed E-state index contributed by atoms with van der Waals surface area (Å²) in [5.74, 6) is -0.208. The zero-order valence-corrected chi connectivity index (χ0v) is 7.89. The molecule has 0 aromatic heterocycles. The molecule has 0 aromatic rings. The summed E-state index contributed by atoms with van der Waals surface area (Å²) in [6.45, 7) is 2.23. The van der Waals surface area contributed by atoms with Crippen molar-refractivity contribution < 1.29 is 9.53 Å². The average Bonchev–Trinajstić information content (AvgIpc) is 2.36. The summed E-state index contributed by atoms with van der Waals surface area (Å²) in [6.07, 6.45) is 3.33. The van der Waals surface area contributed by atoms with Gasteiger partial charge in [-0.05, 0) is 19.8 Å². The summed E-state index contributed by atoms with van der Waals surface area (Å²) in [7, 11) is 0. The van der Waals surface area contributed by atoms with Crippen molar-refractivity contribution >= 4 is 18.4 Å². The molecule has 0 aromatic carbocycles. The molecule has 2 N–H and O–H groups in total. The van der Waals surface area contributed by atoms with Gasteiger partial charge in [-0.25, -0.2) is 4.79 Å². The van der Waals surface area contributed by atoms with Gasteiger partial charge in [-0.1, -0.05) is 6.08 Å². The molecule has 0 aliphatic heterocycles. The summed E-state index contributed by atoms with van der Waals surface area (Å²) in [4.78, 5) is 11.0. The quantitative estimate of drug-likeness (QED) is 0.664. The number of carbonyl (C=O) groups is 1. The van der Waals surface area contributed by atoms with Gasteiger partial charge in [0.1, 0.15) is 0 Å². The Bertz CT molecular complexity index is 191. The molecule has 0 saturated carbocycles. The monoisotopic (exact) mass is 191 g/mol. The molecule has 0 saturated heterocycles. The number of carbonyl (C=O) groups excluding carboxylic acids is 1. The highest BCUT2D eigenvalue weighted by atomic mass is 35.5. The lowest BCUT2D eigenvalue weighted by atomic mass is 10.2. The Morgan fingerprint density at radius 2 is 2.50 bits per heavy atom. The van der Waals surface area contributed by atoms with Crippen LogP contribution in [0.25, 0.3) is 0 Å². The number of rotatable bonds is 2. The first-order valence-electron chi connectivity index (χ1n) is 3.85. The Balaban J connectivity index is 0.00000121. The lowest BCUT2D eigenvalue weighted by Gasteiger charge is -2.02. The molecule has 1 atom stereocenters. The van der Waals surface area contributed by atoms with E-state index < -0.39 is 0 Å². The van der Waals surface area contributed by atoms with Gasteiger partial charge in [-0.15, -0.1) is 12.4 Å². The largest absolute Gasteiger partial charge is 0.463 e. The van der Waals surface area contributed by atoms with Gasteiger partial charge >= 0.3 is 5.97 Å². The first-order valence-corrected chi connectivity index (χ1v) is 3.85. The minimum absolute atomic E-state index is 0. The molecule has 1 aliphatic carbocycles. The SMILES string of the molecule is CCOC(=O)C1=CCC(N)C1.Cl. The highest BCUT2D eigenvalue weighted by Gasteiger charge is 2.19. The van der Waals surface area contributed by atoms with Crippen LogP contribution >= 0.6 is 12.4 Å². The van der Waals surface area contributed by atoms with E-state index in [1.165, 1.54) is 0 Å². The molecular weight excluding hydrogens is 178 g/mol. The highest BCUT2D eigenvalue weighted by molar-refractivity contribution is 5.89. The lowest BCUT2D eigenvalue weighted by molar-refractivity contribution is -0.138. The second kappa shape index (κ2) is 5.17. The molecule has 0 spiro atoms. The molecule has 70 valence electrons. The molecular formula is C8H14ClNO2. The standard InChI is InChI=1S/C8H13NO2.ClH/c1-2-11-8(10)6-3-4-7(9)5-6;/h3,7H,2,4-5,9H2,1H3;1H. The summed E-state index contributed by atoms with van der Waals surface area (Å²) < 4.78 is 4.81. The minimum atomic E-state index is -0.208. The Hall–Kier alpha value is -0.540. The van der Waals surface area contributed by atoms with Gasteiger partial charge in [0, 0.05) is 11.6 Å². The molecule has 0 bridgehead atoms. The van der Waals surface area contributed by atoms with Gasteiger partial charge in [-0.2, -0.15) is 0 Å². The average molecular weight is 192 g/mol. The maximum Gasteiger partial charge on any atom is 0.333 e. The number of halogens is 1. The van der Waals surface area contributed by atoms with Crippen LogP contribution in [0.15, 0.2) is 11.6 Å². The molecule has 0 heterocycles. The van der Waals surface area contributed by atoms with E-state index in [9.17, 15) is 4.79 Å². The van der Waals surface area contributed by atoms with Crippen molar-refractivity contribution in [3.05, 3.63) is 11.6 Å². The second-order valence-corrected chi connectivity index (χ2v) is 2.65. The van der Waals surface area contributed by atoms with Crippen molar-refractivity contribution in [2.24, 2.45) is 5.73 Å². The summed E-state index contributed by atoms with van der Waals surface area (Å²) in [5.41, 5.74) is 6.33. The highest BCUT2D eigenvalue weighted by Crippen LogP contribution is 2.17. The first-order chi connectivity index (χ1) is 5.24. The molecule has 12 heavy (non-hydrogen) atoms. The Labute approximate surface area is 78.4 Å². The predicted octanol–water partition coefficient (Wildman–Crippen LogP) is 1.02. The Morgan fingerprint density at radius 3 is 2.92 bits per heavy atom. The van der Waals surface area contributed by atoms with Crippen molar-refractivity contribution in [3.63, 3.8) is 0 Å². The third-order valence-electron chi connectivity index (χ3n) is 1.69. The fourth-order valence-corrected chi connectivity index (χ4v) is 1.13. The van der Waals surface area contributed by atoms with Crippen molar-refractivity contribution in [1.82, 2.24) is 0 Å². The van der Waals surface area contributed by atoms with Crippen LogP contribution in [0, 0.1) is 0 Å². The first kappa shape index (κ1) is 11.5. The van der Waals surface area contributed by atoms with Crippen LogP contribution in [0.1, 0.15) is 19.8 Å². The van der Waals surface area contributed by atoms with E-state index in [-0.39, 0.29) is 24.4 Å². The van der Waals surface area contributed by atoms with Gasteiger partial charge in [0.25, 0.3) is 0 Å². The van der Waals surface area contributed by atoms with Gasteiger partial charge in [-0.3, -0.25) is 0 Å². The van der Waals surface area contributed by atoms with Gasteiger partial charge in [0.2, 0.25) is 0 Å². The fraction of sp³-hybridized carbons (Fsp3) is 0.625. The van der Waals surface area contributed by atoms with Crippen LogP contribution in [-0.2, 0) is 9.53 Å². The molecule has 1 aliphatic rings. The summed E-state index contributed by atoms with van der Waals surface area (Å²) in [6, 6.07) is 0.120. The topological polar surface area (TPSA) is 52.3 Å². The van der Waals surface area contributed by atoms with Crippen molar-refractivity contribution in [3.8, 4) is 0 Å². The van der Waals surface area contributed by atoms with Gasteiger partial charge in [0.05, 0.1) is 6.61 Å². The minimum Gasteiger partial charge on any atom is -0.463 e. The molecule has 0 radical (unpaired) electrons. The maximum atomic E-state index is 11.0. The number of hydrogen-bond acceptors (Lipinski definition) is 3. The molecule has 3 nitrogen and oxygen atoms in total. The fourth-order valence-electron chi connectivity index (χ4n) is 1.13. The zero-order valence-electron chi connectivity index (χ0n) is 7.08. The van der Waals surface area contributed by atoms with Crippen molar-refractivity contribution in [2.75, 3.05) is 6.61 Å². The van der Waals surface area contributed by atoms with E-state index in [2.05, 4.69) is 0 Å². The number of ether oxygens (including phenoxy) is 1. The summed E-state index contributed by atoms with van der Waals surface area (Å²) >= 11 is 0. The third kappa shape index (κ3) is 2.83. The van der Waals surface area contributed by atoms with E-state index in [1.807, 2.05) is 6.08 Å². The van der Waals surface area contributed by atoms with E-state index >= 15 is 0 Å². The Morgan fingerprint density at radius 1 is 1.83 bits per heavy atom. The van der Waals surface area contributed by atoms with Crippen LogP contribution in [0.3, 0.4) is 0 Å². The van der Waals surface area contributed by atoms with Crippen LogP contribution in [0.4, 0.5) is 0 Å². The number of esters is 1. The normalized spacial score (nSPS) is 21.2. The Kier molecular flexibility index (Phi) is 4.93. The summed E-state index contributed by atoms with van der Waals surface area (Å²) in [5, 5.41) is 0. The van der Waals surface area contributed by atoms with E-state index in [0.29, 0.717) is 13.0 Å². The van der Waals surface area contributed by atoms with E-state index in [0.717, 1.165) is 12.0 Å². The molecule has 0 amide bonds. The molecule has 4 heteroatoms. The van der Waals surface area contributed by atoms with Crippen LogP contribution in [-0.4, -0.2) is 18.6 Å². The van der Waals surface area contributed by atoms with Crippen molar-refractivity contribution in [1.29, 1.82) is 0 Å². The van der Waals surface area contributed by atoms with E-state index in [1.54, 1.807) is 6.92 Å². The molecule has 0 fully saturated rings.